The zero-order valence-electron chi connectivity index (χ0n) is 13.2. The molecule has 2 heterocycles. The SMILES string of the molecule is CC(C)CC(=O)N1CCc2ccccc2C1c1ccncc1. The molecule has 1 aliphatic rings. The molecule has 2 aromatic rings. The maximum absolute atomic E-state index is 12.7. The lowest BCUT2D eigenvalue weighted by molar-refractivity contribution is -0.134. The van der Waals surface area contributed by atoms with Crippen molar-refractivity contribution in [2.24, 2.45) is 5.92 Å². The number of carbonyl (C=O) groups is 1. The van der Waals surface area contributed by atoms with Crippen molar-refractivity contribution in [3.63, 3.8) is 0 Å². The number of pyridine rings is 1. The fourth-order valence-corrected chi connectivity index (χ4v) is 3.21. The van der Waals surface area contributed by atoms with Gasteiger partial charge in [0.2, 0.25) is 5.91 Å². The second kappa shape index (κ2) is 6.30. The van der Waals surface area contributed by atoms with Crippen LogP contribution in [0.15, 0.2) is 48.8 Å². The quantitative estimate of drug-likeness (QED) is 0.866. The van der Waals surface area contributed by atoms with Crippen LogP contribution in [-0.2, 0) is 11.2 Å². The van der Waals surface area contributed by atoms with Gasteiger partial charge in [-0.05, 0) is 41.2 Å². The van der Waals surface area contributed by atoms with E-state index in [0.29, 0.717) is 12.3 Å². The van der Waals surface area contributed by atoms with Crippen LogP contribution in [0.1, 0.15) is 43.0 Å². The first kappa shape index (κ1) is 14.8. The summed E-state index contributed by atoms with van der Waals surface area (Å²) >= 11 is 0. The van der Waals surface area contributed by atoms with Crippen LogP contribution in [0.3, 0.4) is 0 Å². The lowest BCUT2D eigenvalue weighted by Crippen LogP contribution is -2.41. The molecule has 1 atom stereocenters. The molecule has 3 rings (SSSR count). The van der Waals surface area contributed by atoms with Gasteiger partial charge in [0.1, 0.15) is 0 Å². The van der Waals surface area contributed by atoms with Crippen LogP contribution in [0, 0.1) is 5.92 Å². The largest absolute Gasteiger partial charge is 0.331 e. The van der Waals surface area contributed by atoms with Gasteiger partial charge in [-0.2, -0.15) is 0 Å². The van der Waals surface area contributed by atoms with E-state index in [0.717, 1.165) is 18.5 Å². The molecule has 0 N–H and O–H groups in total. The molecule has 0 spiro atoms. The number of fused-ring (bicyclic) bond motifs is 1. The molecule has 0 saturated heterocycles. The van der Waals surface area contributed by atoms with Crippen molar-refractivity contribution >= 4 is 5.91 Å². The summed E-state index contributed by atoms with van der Waals surface area (Å²) in [5.41, 5.74) is 3.73. The number of nitrogens with zero attached hydrogens (tertiary/aromatic N) is 2. The van der Waals surface area contributed by atoms with E-state index in [1.54, 1.807) is 12.4 Å². The second-order valence-corrected chi connectivity index (χ2v) is 6.32. The minimum absolute atomic E-state index is 0.0131. The molecule has 3 heteroatoms. The Balaban J connectivity index is 2.02. The summed E-state index contributed by atoms with van der Waals surface area (Å²) in [6.07, 6.45) is 5.14. The minimum atomic E-state index is 0.0131. The maximum atomic E-state index is 12.7. The van der Waals surface area contributed by atoms with Crippen molar-refractivity contribution < 1.29 is 4.79 Å². The van der Waals surface area contributed by atoms with Crippen LogP contribution >= 0.6 is 0 Å². The molecule has 1 aliphatic heterocycles. The van der Waals surface area contributed by atoms with E-state index in [2.05, 4.69) is 43.1 Å². The lowest BCUT2D eigenvalue weighted by Gasteiger charge is -2.38. The highest BCUT2D eigenvalue weighted by Crippen LogP contribution is 2.35. The fraction of sp³-hybridized carbons (Fsp3) is 0.368. The molecule has 3 nitrogen and oxygen atoms in total. The Labute approximate surface area is 132 Å². The third-order valence-corrected chi connectivity index (χ3v) is 4.21. The standard InChI is InChI=1S/C19H22N2O/c1-14(2)13-18(22)21-12-9-15-5-3-4-6-17(15)19(21)16-7-10-20-11-8-16/h3-8,10-11,14,19H,9,12-13H2,1-2H3. The van der Waals surface area contributed by atoms with Crippen LogP contribution in [-0.4, -0.2) is 22.3 Å². The third-order valence-electron chi connectivity index (χ3n) is 4.21. The number of amides is 1. The van der Waals surface area contributed by atoms with E-state index in [9.17, 15) is 4.79 Å². The normalized spacial score (nSPS) is 17.4. The van der Waals surface area contributed by atoms with Gasteiger partial charge >= 0.3 is 0 Å². The molecule has 1 aromatic heterocycles. The Morgan fingerprint density at radius 1 is 1.23 bits per heavy atom. The summed E-state index contributed by atoms with van der Waals surface area (Å²) in [6.45, 7) is 4.98. The van der Waals surface area contributed by atoms with Gasteiger partial charge in [-0.3, -0.25) is 9.78 Å². The van der Waals surface area contributed by atoms with Gasteiger partial charge in [-0.25, -0.2) is 0 Å². The van der Waals surface area contributed by atoms with E-state index in [1.165, 1.54) is 11.1 Å². The number of carbonyl (C=O) groups excluding carboxylic acids is 1. The van der Waals surface area contributed by atoms with Gasteiger partial charge in [-0.15, -0.1) is 0 Å². The Kier molecular flexibility index (Phi) is 4.23. The summed E-state index contributed by atoms with van der Waals surface area (Å²) < 4.78 is 0. The summed E-state index contributed by atoms with van der Waals surface area (Å²) in [6, 6.07) is 12.5. The fourth-order valence-electron chi connectivity index (χ4n) is 3.21. The van der Waals surface area contributed by atoms with Gasteiger partial charge in [0.25, 0.3) is 0 Å². The smallest absolute Gasteiger partial charge is 0.223 e. The first-order chi connectivity index (χ1) is 10.7. The molecular weight excluding hydrogens is 272 g/mol. The average molecular weight is 294 g/mol. The van der Waals surface area contributed by atoms with Crippen LogP contribution in [0.2, 0.25) is 0 Å². The summed E-state index contributed by atoms with van der Waals surface area (Å²) in [5.74, 6) is 0.620. The van der Waals surface area contributed by atoms with Gasteiger partial charge < -0.3 is 4.90 Å². The zero-order chi connectivity index (χ0) is 15.5. The number of hydrogen-bond donors (Lipinski definition) is 0. The van der Waals surface area contributed by atoms with E-state index in [1.807, 2.05) is 17.0 Å². The lowest BCUT2D eigenvalue weighted by atomic mass is 9.88. The first-order valence-electron chi connectivity index (χ1n) is 7.94. The van der Waals surface area contributed by atoms with Crippen molar-refractivity contribution in [2.45, 2.75) is 32.7 Å². The molecule has 0 fully saturated rings. The Bertz CT molecular complexity index is 651. The summed E-state index contributed by atoms with van der Waals surface area (Å²) in [4.78, 5) is 18.9. The monoisotopic (exact) mass is 294 g/mol. The third kappa shape index (κ3) is 2.89. The van der Waals surface area contributed by atoms with E-state index in [-0.39, 0.29) is 11.9 Å². The van der Waals surface area contributed by atoms with Crippen molar-refractivity contribution in [1.82, 2.24) is 9.88 Å². The van der Waals surface area contributed by atoms with E-state index < -0.39 is 0 Å². The average Bonchev–Trinajstić information content (AvgIpc) is 2.54. The van der Waals surface area contributed by atoms with Crippen molar-refractivity contribution in [3.05, 3.63) is 65.5 Å². The predicted molar refractivity (Wildman–Crippen MR) is 87.4 cm³/mol. The van der Waals surface area contributed by atoms with Crippen LogP contribution in [0.25, 0.3) is 0 Å². The Hall–Kier alpha value is -2.16. The van der Waals surface area contributed by atoms with Gasteiger partial charge in [0.15, 0.2) is 0 Å². The first-order valence-corrected chi connectivity index (χ1v) is 7.94. The number of hydrogen-bond acceptors (Lipinski definition) is 2. The predicted octanol–water partition coefficient (Wildman–Crippen LogP) is 3.60. The van der Waals surface area contributed by atoms with Crippen molar-refractivity contribution in [2.75, 3.05) is 6.54 Å². The highest BCUT2D eigenvalue weighted by atomic mass is 16.2. The molecule has 0 aliphatic carbocycles. The number of aromatic nitrogens is 1. The molecule has 1 amide bonds. The molecule has 1 unspecified atom stereocenters. The molecule has 0 radical (unpaired) electrons. The van der Waals surface area contributed by atoms with Gasteiger partial charge in [0, 0.05) is 25.4 Å². The molecular formula is C19H22N2O. The topological polar surface area (TPSA) is 33.2 Å². The van der Waals surface area contributed by atoms with Gasteiger partial charge in [-0.1, -0.05) is 38.1 Å². The minimum Gasteiger partial charge on any atom is -0.331 e. The molecule has 0 bridgehead atoms. The Morgan fingerprint density at radius 2 is 1.95 bits per heavy atom. The zero-order valence-corrected chi connectivity index (χ0v) is 13.2. The molecule has 114 valence electrons. The Morgan fingerprint density at radius 3 is 2.68 bits per heavy atom. The van der Waals surface area contributed by atoms with E-state index >= 15 is 0 Å². The van der Waals surface area contributed by atoms with Gasteiger partial charge in [0.05, 0.1) is 6.04 Å². The molecule has 22 heavy (non-hydrogen) atoms. The van der Waals surface area contributed by atoms with Crippen LogP contribution < -0.4 is 0 Å². The summed E-state index contributed by atoms with van der Waals surface area (Å²) in [5, 5.41) is 0. The molecule has 1 aromatic carbocycles. The summed E-state index contributed by atoms with van der Waals surface area (Å²) in [7, 11) is 0. The van der Waals surface area contributed by atoms with E-state index in [4.69, 9.17) is 0 Å². The molecule has 0 saturated carbocycles. The highest BCUT2D eigenvalue weighted by molar-refractivity contribution is 5.78. The highest BCUT2D eigenvalue weighted by Gasteiger charge is 2.31. The van der Waals surface area contributed by atoms with Crippen molar-refractivity contribution in [3.8, 4) is 0 Å². The maximum Gasteiger partial charge on any atom is 0.223 e. The van der Waals surface area contributed by atoms with Crippen LogP contribution in [0.5, 0.6) is 0 Å². The number of rotatable bonds is 3. The van der Waals surface area contributed by atoms with Crippen molar-refractivity contribution in [1.29, 1.82) is 0 Å². The van der Waals surface area contributed by atoms with Crippen LogP contribution in [0.4, 0.5) is 0 Å². The second-order valence-electron chi connectivity index (χ2n) is 6.32. The number of benzene rings is 1.